The fourth-order valence-electron chi connectivity index (χ4n) is 3.10. The maximum absolute atomic E-state index is 14.4. The molecule has 0 bridgehead atoms. The number of nitrogens with one attached hydrogen (secondary N) is 2. The molecule has 0 radical (unpaired) electrons. The van der Waals surface area contributed by atoms with E-state index in [2.05, 4.69) is 27.2 Å². The normalized spacial score (nSPS) is 15.6. The molecule has 1 amide bonds. The molecule has 2 aromatic carbocycles. The fraction of sp³-hybridized carbons (Fsp3) is 0.190. The van der Waals surface area contributed by atoms with Crippen molar-refractivity contribution in [2.24, 2.45) is 0 Å². The highest BCUT2D eigenvalue weighted by atomic mass is 35.5. The molecule has 11 heteroatoms. The van der Waals surface area contributed by atoms with Crippen molar-refractivity contribution >= 4 is 45.6 Å². The van der Waals surface area contributed by atoms with Gasteiger partial charge >= 0.3 is 0 Å². The van der Waals surface area contributed by atoms with Crippen LogP contribution in [0.2, 0.25) is 5.02 Å². The zero-order valence-corrected chi connectivity index (χ0v) is 17.2. The van der Waals surface area contributed by atoms with Gasteiger partial charge in [0.2, 0.25) is 0 Å². The molecule has 3 aromatic rings. The van der Waals surface area contributed by atoms with Crippen LogP contribution in [0.5, 0.6) is 5.75 Å². The number of carbonyl (C=O) groups is 1. The molecule has 2 N–H and O–H groups in total. The van der Waals surface area contributed by atoms with Gasteiger partial charge in [0, 0.05) is 17.9 Å². The lowest BCUT2D eigenvalue weighted by Gasteiger charge is -2.18. The van der Waals surface area contributed by atoms with Gasteiger partial charge in [-0.2, -0.15) is 0 Å². The molecule has 4 rings (SSSR count). The lowest BCUT2D eigenvalue weighted by atomic mass is 10.1. The van der Waals surface area contributed by atoms with Crippen LogP contribution in [0.25, 0.3) is 10.9 Å². The minimum absolute atomic E-state index is 0.123. The maximum atomic E-state index is 14.4. The molecular formula is C21H16ClF3N4O3. The Morgan fingerprint density at radius 2 is 2.06 bits per heavy atom. The molecule has 0 spiro atoms. The second kappa shape index (κ2) is 9.01. The first-order valence-corrected chi connectivity index (χ1v) is 9.80. The van der Waals surface area contributed by atoms with E-state index in [9.17, 15) is 18.0 Å². The molecule has 1 atom stereocenters. The Labute approximate surface area is 185 Å². The van der Waals surface area contributed by atoms with Crippen molar-refractivity contribution < 1.29 is 27.4 Å². The van der Waals surface area contributed by atoms with Gasteiger partial charge in [0.1, 0.15) is 34.8 Å². The summed E-state index contributed by atoms with van der Waals surface area (Å²) in [5, 5.41) is 4.80. The SMILES string of the molecule is C=C(F)C(=O)Nc1cc2c(Nc3ccc(F)c(Cl)c3F)ncnc2cc1OC1CCOC1. The van der Waals surface area contributed by atoms with E-state index in [4.69, 9.17) is 21.1 Å². The van der Waals surface area contributed by atoms with Crippen molar-refractivity contribution in [2.45, 2.75) is 12.5 Å². The Balaban J connectivity index is 1.77. The Kier molecular flexibility index (Phi) is 6.15. The molecule has 32 heavy (non-hydrogen) atoms. The third-order valence-corrected chi connectivity index (χ3v) is 5.05. The first-order chi connectivity index (χ1) is 15.3. The van der Waals surface area contributed by atoms with E-state index in [-0.39, 0.29) is 29.0 Å². The van der Waals surface area contributed by atoms with Crippen molar-refractivity contribution in [2.75, 3.05) is 23.8 Å². The van der Waals surface area contributed by atoms with Crippen molar-refractivity contribution in [3.8, 4) is 5.75 Å². The molecule has 1 aliphatic heterocycles. The highest BCUT2D eigenvalue weighted by Gasteiger charge is 2.22. The topological polar surface area (TPSA) is 85.4 Å². The number of anilines is 3. The summed E-state index contributed by atoms with van der Waals surface area (Å²) < 4.78 is 52.4. The number of ether oxygens (including phenoxy) is 2. The summed E-state index contributed by atoms with van der Waals surface area (Å²) in [6.07, 6.45) is 1.62. The number of amides is 1. The van der Waals surface area contributed by atoms with Crippen LogP contribution in [0, 0.1) is 11.6 Å². The van der Waals surface area contributed by atoms with Crippen LogP contribution in [-0.4, -0.2) is 35.2 Å². The van der Waals surface area contributed by atoms with E-state index in [1.165, 1.54) is 18.5 Å². The molecule has 7 nitrogen and oxygen atoms in total. The van der Waals surface area contributed by atoms with Gasteiger partial charge in [-0.25, -0.2) is 23.1 Å². The van der Waals surface area contributed by atoms with Crippen LogP contribution in [0.15, 0.2) is 43.0 Å². The zero-order valence-electron chi connectivity index (χ0n) is 16.4. The van der Waals surface area contributed by atoms with Crippen LogP contribution >= 0.6 is 11.6 Å². The highest BCUT2D eigenvalue weighted by molar-refractivity contribution is 6.31. The lowest BCUT2D eigenvalue weighted by Crippen LogP contribution is -2.18. The third-order valence-electron chi connectivity index (χ3n) is 4.70. The van der Waals surface area contributed by atoms with Crippen molar-refractivity contribution in [3.05, 3.63) is 59.7 Å². The minimum atomic E-state index is -1.19. The van der Waals surface area contributed by atoms with Gasteiger partial charge in [0.05, 0.1) is 30.1 Å². The predicted molar refractivity (Wildman–Crippen MR) is 113 cm³/mol. The van der Waals surface area contributed by atoms with Crippen molar-refractivity contribution in [1.29, 1.82) is 0 Å². The van der Waals surface area contributed by atoms with Gasteiger partial charge < -0.3 is 20.1 Å². The summed E-state index contributed by atoms with van der Waals surface area (Å²) in [5.74, 6) is -3.77. The number of benzene rings is 2. The maximum Gasteiger partial charge on any atom is 0.283 e. The summed E-state index contributed by atoms with van der Waals surface area (Å²) >= 11 is 5.64. The van der Waals surface area contributed by atoms with Crippen LogP contribution in [-0.2, 0) is 9.53 Å². The Bertz CT molecular complexity index is 1220. The standard InChI is InChI=1S/C21H16ClF3N4O3/c1-10(23)21(30)29-16-6-12-15(7-17(16)32-11-4-5-31-8-11)26-9-27-20(12)28-14-3-2-13(24)18(22)19(14)25/h2-3,6-7,9,11H,1,4-5,8H2,(H,29,30)(H,26,27,28). The molecule has 166 valence electrons. The molecule has 2 heterocycles. The largest absolute Gasteiger partial charge is 0.486 e. The zero-order chi connectivity index (χ0) is 22.8. The molecule has 1 aromatic heterocycles. The molecule has 1 aliphatic rings. The van der Waals surface area contributed by atoms with Gasteiger partial charge in [-0.15, -0.1) is 0 Å². The molecule has 1 unspecified atom stereocenters. The number of carbonyl (C=O) groups excluding carboxylic acids is 1. The van der Waals surface area contributed by atoms with E-state index in [1.807, 2.05) is 0 Å². The summed E-state index contributed by atoms with van der Waals surface area (Å²) in [6, 6.07) is 5.15. The molecular weight excluding hydrogens is 449 g/mol. The quantitative estimate of drug-likeness (QED) is 0.399. The average molecular weight is 465 g/mol. The van der Waals surface area contributed by atoms with Gasteiger partial charge in [-0.1, -0.05) is 18.2 Å². The fourth-order valence-corrected chi connectivity index (χ4v) is 3.27. The number of hydrogen-bond acceptors (Lipinski definition) is 6. The van der Waals surface area contributed by atoms with Crippen LogP contribution in [0.3, 0.4) is 0 Å². The summed E-state index contributed by atoms with van der Waals surface area (Å²) in [7, 11) is 0. The van der Waals surface area contributed by atoms with Crippen LogP contribution in [0.1, 0.15) is 6.42 Å². The van der Waals surface area contributed by atoms with Crippen molar-refractivity contribution in [3.63, 3.8) is 0 Å². The van der Waals surface area contributed by atoms with Crippen molar-refractivity contribution in [1.82, 2.24) is 9.97 Å². The smallest absolute Gasteiger partial charge is 0.283 e. The predicted octanol–water partition coefficient (Wildman–Crippen LogP) is 4.89. The Morgan fingerprint density at radius 3 is 2.78 bits per heavy atom. The molecule has 0 aliphatic carbocycles. The van der Waals surface area contributed by atoms with E-state index in [0.29, 0.717) is 30.5 Å². The van der Waals surface area contributed by atoms with Crippen LogP contribution < -0.4 is 15.4 Å². The number of nitrogens with zero attached hydrogens (tertiary/aromatic N) is 2. The number of rotatable bonds is 6. The van der Waals surface area contributed by atoms with E-state index >= 15 is 0 Å². The lowest BCUT2D eigenvalue weighted by molar-refractivity contribution is -0.114. The Hall–Kier alpha value is -3.37. The number of fused-ring (bicyclic) bond motifs is 1. The second-order valence-electron chi connectivity index (χ2n) is 6.90. The number of halogens is 4. The van der Waals surface area contributed by atoms with Crippen LogP contribution in [0.4, 0.5) is 30.4 Å². The molecule has 0 saturated carbocycles. The number of hydrogen-bond donors (Lipinski definition) is 2. The van der Waals surface area contributed by atoms with E-state index < -0.39 is 28.4 Å². The third kappa shape index (κ3) is 4.46. The van der Waals surface area contributed by atoms with E-state index in [1.54, 1.807) is 0 Å². The minimum Gasteiger partial charge on any atom is -0.486 e. The number of aromatic nitrogens is 2. The molecule has 1 fully saturated rings. The Morgan fingerprint density at radius 1 is 1.25 bits per heavy atom. The average Bonchev–Trinajstić information content (AvgIpc) is 3.28. The first kappa shape index (κ1) is 21.8. The van der Waals surface area contributed by atoms with Gasteiger partial charge in [0.15, 0.2) is 11.6 Å². The summed E-state index contributed by atoms with van der Waals surface area (Å²) in [6.45, 7) is 3.88. The highest BCUT2D eigenvalue weighted by Crippen LogP contribution is 2.36. The van der Waals surface area contributed by atoms with Gasteiger partial charge in [-0.3, -0.25) is 4.79 Å². The van der Waals surface area contributed by atoms with Gasteiger partial charge in [0.25, 0.3) is 5.91 Å². The monoisotopic (exact) mass is 464 g/mol. The van der Waals surface area contributed by atoms with E-state index in [0.717, 1.165) is 12.1 Å². The molecule has 1 saturated heterocycles. The van der Waals surface area contributed by atoms with Gasteiger partial charge in [-0.05, 0) is 18.2 Å². The summed E-state index contributed by atoms with van der Waals surface area (Å²) in [5.41, 5.74) is 0.397. The summed E-state index contributed by atoms with van der Waals surface area (Å²) in [4.78, 5) is 20.2. The first-order valence-electron chi connectivity index (χ1n) is 9.43. The second-order valence-corrected chi connectivity index (χ2v) is 7.28.